The summed E-state index contributed by atoms with van der Waals surface area (Å²) in [5.41, 5.74) is 4.20. The highest BCUT2D eigenvalue weighted by Crippen LogP contribution is 2.35. The minimum absolute atomic E-state index is 0.286. The Morgan fingerprint density at radius 1 is 0.818 bits per heavy atom. The van der Waals surface area contributed by atoms with Crippen molar-refractivity contribution in [1.29, 1.82) is 0 Å². The summed E-state index contributed by atoms with van der Waals surface area (Å²) in [7, 11) is 0. The number of nitrogens with one attached hydrogen (secondary N) is 1. The fourth-order valence-electron chi connectivity index (χ4n) is 3.51. The smallest absolute Gasteiger partial charge is 0.219 e. The Hall–Kier alpha value is -3.90. The van der Waals surface area contributed by atoms with Crippen molar-refractivity contribution in [2.75, 3.05) is 6.26 Å². The highest BCUT2D eigenvalue weighted by atomic mass is 32.2. The molecular formula is C27H20FN3OS. The molecule has 4 nitrogen and oxygen atoms in total. The van der Waals surface area contributed by atoms with Crippen LogP contribution in [0.3, 0.4) is 0 Å². The van der Waals surface area contributed by atoms with E-state index < -0.39 is 0 Å². The molecule has 33 heavy (non-hydrogen) atoms. The van der Waals surface area contributed by atoms with Crippen molar-refractivity contribution in [3.05, 3.63) is 103 Å². The lowest BCUT2D eigenvalue weighted by Crippen LogP contribution is -1.90. The van der Waals surface area contributed by atoms with Crippen LogP contribution >= 0.6 is 11.8 Å². The van der Waals surface area contributed by atoms with Crippen LogP contribution < -0.4 is 4.74 Å². The largest absolute Gasteiger partial charge is 0.439 e. The first-order valence-corrected chi connectivity index (χ1v) is 11.6. The van der Waals surface area contributed by atoms with Crippen LogP contribution in [0.5, 0.6) is 11.6 Å². The van der Waals surface area contributed by atoms with Crippen molar-refractivity contribution < 1.29 is 9.13 Å². The third-order valence-electron chi connectivity index (χ3n) is 5.17. The molecule has 2 heterocycles. The lowest BCUT2D eigenvalue weighted by Gasteiger charge is -2.07. The van der Waals surface area contributed by atoms with Crippen LogP contribution in [-0.2, 0) is 0 Å². The van der Waals surface area contributed by atoms with Crippen molar-refractivity contribution in [2.24, 2.45) is 0 Å². The maximum Gasteiger partial charge on any atom is 0.219 e. The van der Waals surface area contributed by atoms with Crippen molar-refractivity contribution in [3.63, 3.8) is 0 Å². The normalized spacial score (nSPS) is 10.8. The van der Waals surface area contributed by atoms with Gasteiger partial charge in [0, 0.05) is 33.8 Å². The molecule has 0 aliphatic heterocycles. The number of aromatic nitrogens is 3. The highest BCUT2D eigenvalue weighted by Gasteiger charge is 2.16. The number of para-hydroxylation sites is 1. The maximum absolute atomic E-state index is 13.6. The van der Waals surface area contributed by atoms with Gasteiger partial charge in [0.05, 0.1) is 11.4 Å². The van der Waals surface area contributed by atoms with E-state index in [9.17, 15) is 4.39 Å². The van der Waals surface area contributed by atoms with E-state index in [1.807, 2.05) is 60.9 Å². The first-order chi connectivity index (χ1) is 16.2. The second kappa shape index (κ2) is 9.30. The topological polar surface area (TPSA) is 50.8 Å². The summed E-state index contributed by atoms with van der Waals surface area (Å²) < 4.78 is 19.5. The number of H-pyrrole nitrogens is 1. The molecule has 0 aliphatic rings. The highest BCUT2D eigenvalue weighted by molar-refractivity contribution is 7.98. The number of nitrogens with zero attached hydrogens (tertiary/aromatic N) is 2. The van der Waals surface area contributed by atoms with Gasteiger partial charge >= 0.3 is 0 Å². The van der Waals surface area contributed by atoms with Gasteiger partial charge in [0.15, 0.2) is 0 Å². The lowest BCUT2D eigenvalue weighted by molar-refractivity contribution is 0.463. The van der Waals surface area contributed by atoms with E-state index in [-0.39, 0.29) is 5.82 Å². The first-order valence-electron chi connectivity index (χ1n) is 10.4. The first kappa shape index (κ1) is 21.0. The van der Waals surface area contributed by atoms with E-state index in [1.54, 1.807) is 30.1 Å². The predicted octanol–water partition coefficient (Wildman–Crippen LogP) is 7.46. The zero-order valence-corrected chi connectivity index (χ0v) is 18.6. The fraction of sp³-hybridized carbons (Fsp3) is 0.0370. The summed E-state index contributed by atoms with van der Waals surface area (Å²) in [5.74, 6) is 1.63. The Kier molecular flexibility index (Phi) is 5.91. The molecule has 0 amide bonds. The monoisotopic (exact) mass is 453 g/mol. The lowest BCUT2D eigenvalue weighted by atomic mass is 10.1. The molecule has 0 unspecified atom stereocenters. The fourth-order valence-corrected chi connectivity index (χ4v) is 3.92. The third-order valence-corrected chi connectivity index (χ3v) is 5.92. The zero-order valence-electron chi connectivity index (χ0n) is 17.8. The molecule has 3 aromatic carbocycles. The quantitative estimate of drug-likeness (QED) is 0.271. The number of thioether (sulfide) groups is 1. The molecule has 5 rings (SSSR count). The summed E-state index contributed by atoms with van der Waals surface area (Å²) in [6, 6.07) is 27.9. The molecule has 6 heteroatoms. The number of pyridine rings is 1. The summed E-state index contributed by atoms with van der Waals surface area (Å²) in [5, 5.41) is 0. The van der Waals surface area contributed by atoms with Crippen LogP contribution in [0.25, 0.3) is 33.9 Å². The zero-order chi connectivity index (χ0) is 22.6. The molecule has 0 bridgehead atoms. The van der Waals surface area contributed by atoms with Crippen LogP contribution in [0.15, 0.2) is 102 Å². The van der Waals surface area contributed by atoms with Crippen molar-refractivity contribution in [2.45, 2.75) is 4.90 Å². The Balaban J connectivity index is 1.58. The Bertz CT molecular complexity index is 1370. The molecule has 0 radical (unpaired) electrons. The molecule has 0 aliphatic carbocycles. The molecule has 0 saturated heterocycles. The van der Waals surface area contributed by atoms with Crippen LogP contribution in [-0.4, -0.2) is 21.2 Å². The maximum atomic E-state index is 13.6. The second-order valence-corrected chi connectivity index (χ2v) is 8.22. The molecule has 5 aromatic rings. The van der Waals surface area contributed by atoms with Crippen LogP contribution in [0, 0.1) is 5.82 Å². The molecule has 1 N–H and O–H groups in total. The molecule has 2 aromatic heterocycles. The van der Waals surface area contributed by atoms with Gasteiger partial charge in [-0.2, -0.15) is 0 Å². The summed E-state index contributed by atoms with van der Waals surface area (Å²) in [6.07, 6.45) is 3.75. The molecule has 0 fully saturated rings. The van der Waals surface area contributed by atoms with Crippen molar-refractivity contribution in [1.82, 2.24) is 15.0 Å². The van der Waals surface area contributed by atoms with Gasteiger partial charge in [-0.1, -0.05) is 30.3 Å². The van der Waals surface area contributed by atoms with E-state index in [2.05, 4.69) is 22.1 Å². The summed E-state index contributed by atoms with van der Waals surface area (Å²) in [4.78, 5) is 13.9. The van der Waals surface area contributed by atoms with Gasteiger partial charge in [-0.25, -0.2) is 14.4 Å². The van der Waals surface area contributed by atoms with E-state index in [0.29, 0.717) is 11.6 Å². The number of hydrogen-bond acceptors (Lipinski definition) is 4. The van der Waals surface area contributed by atoms with E-state index in [1.165, 1.54) is 17.0 Å². The second-order valence-electron chi connectivity index (χ2n) is 7.34. The van der Waals surface area contributed by atoms with Gasteiger partial charge in [-0.3, -0.25) is 0 Å². The number of hydrogen-bond donors (Lipinski definition) is 1. The van der Waals surface area contributed by atoms with E-state index in [4.69, 9.17) is 9.72 Å². The number of benzene rings is 3. The molecule has 162 valence electrons. The molecule has 0 saturated carbocycles. The van der Waals surface area contributed by atoms with Crippen molar-refractivity contribution in [3.8, 4) is 45.5 Å². The molecule has 0 atom stereocenters. The Morgan fingerprint density at radius 2 is 1.55 bits per heavy atom. The van der Waals surface area contributed by atoms with Gasteiger partial charge < -0.3 is 9.72 Å². The average molecular weight is 454 g/mol. The standard InChI is InChI=1S/C27H20FN3OS/c1-33-23-13-9-19(10-14-23)27-30-25(18-7-11-21(28)12-8-18)26(31-27)20-15-16-29-24(17-20)32-22-5-3-2-4-6-22/h2-17H,1H3,(H,30,31). The van der Waals surface area contributed by atoms with Gasteiger partial charge in [0.2, 0.25) is 5.88 Å². The number of imidazole rings is 1. The van der Waals surface area contributed by atoms with Crippen molar-refractivity contribution >= 4 is 11.8 Å². The van der Waals surface area contributed by atoms with Crippen LogP contribution in [0.2, 0.25) is 0 Å². The number of rotatable bonds is 6. The van der Waals surface area contributed by atoms with E-state index in [0.717, 1.165) is 33.9 Å². The molecule has 0 spiro atoms. The summed E-state index contributed by atoms with van der Waals surface area (Å²) >= 11 is 1.69. The minimum Gasteiger partial charge on any atom is -0.439 e. The number of ether oxygens (including phenoxy) is 1. The predicted molar refractivity (Wildman–Crippen MR) is 131 cm³/mol. The minimum atomic E-state index is -0.286. The van der Waals surface area contributed by atoms with Gasteiger partial charge in [0.1, 0.15) is 17.4 Å². The summed E-state index contributed by atoms with van der Waals surface area (Å²) in [6.45, 7) is 0. The van der Waals surface area contributed by atoms with E-state index >= 15 is 0 Å². The van der Waals surface area contributed by atoms with Crippen LogP contribution in [0.4, 0.5) is 4.39 Å². The third kappa shape index (κ3) is 4.66. The van der Waals surface area contributed by atoms with Gasteiger partial charge in [0.25, 0.3) is 0 Å². The SMILES string of the molecule is CSc1ccc(-c2nc(-c3ccc(F)cc3)c(-c3ccnc(Oc4ccccc4)c3)[nH]2)cc1. The Labute approximate surface area is 195 Å². The van der Waals surface area contributed by atoms with Gasteiger partial charge in [-0.15, -0.1) is 11.8 Å². The number of aromatic amines is 1. The van der Waals surface area contributed by atoms with Crippen LogP contribution in [0.1, 0.15) is 0 Å². The number of halogens is 1. The van der Waals surface area contributed by atoms with Gasteiger partial charge in [-0.05, 0) is 60.9 Å². The average Bonchev–Trinajstić information content (AvgIpc) is 3.31. The molecular weight excluding hydrogens is 433 g/mol. The Morgan fingerprint density at radius 3 is 2.27 bits per heavy atom.